The first-order chi connectivity index (χ1) is 15.1. The van der Waals surface area contributed by atoms with Crippen LogP contribution in [0, 0.1) is 11.8 Å². The Labute approximate surface area is 180 Å². The monoisotopic (exact) mass is 408 g/mol. The fourth-order valence-corrected chi connectivity index (χ4v) is 3.29. The van der Waals surface area contributed by atoms with Crippen molar-refractivity contribution in [2.45, 2.75) is 19.4 Å². The number of hydrogen-bond donors (Lipinski definition) is 1. The lowest BCUT2D eigenvalue weighted by Crippen LogP contribution is -2.28. The molecular weight excluding hydrogens is 388 g/mol. The maximum atomic E-state index is 12.6. The number of amides is 3. The lowest BCUT2D eigenvalue weighted by atomic mass is 10.1. The van der Waals surface area contributed by atoms with Gasteiger partial charge in [0.05, 0.1) is 6.54 Å². The third kappa shape index (κ3) is 5.06. The number of imide groups is 1. The average molecular weight is 408 g/mol. The molecule has 5 nitrogen and oxygen atoms in total. The Morgan fingerprint density at radius 2 is 1.45 bits per heavy atom. The number of carbonyl (C=O) groups is 3. The van der Waals surface area contributed by atoms with Gasteiger partial charge in [0, 0.05) is 35.2 Å². The van der Waals surface area contributed by atoms with Crippen LogP contribution in [-0.2, 0) is 16.1 Å². The van der Waals surface area contributed by atoms with Gasteiger partial charge in [-0.2, -0.15) is 0 Å². The minimum Gasteiger partial charge on any atom is -0.322 e. The lowest BCUT2D eigenvalue weighted by Gasteiger charge is -2.14. The molecule has 0 saturated carbocycles. The van der Waals surface area contributed by atoms with Crippen molar-refractivity contribution >= 4 is 23.4 Å². The predicted molar refractivity (Wildman–Crippen MR) is 118 cm³/mol. The van der Waals surface area contributed by atoms with E-state index < -0.39 is 0 Å². The van der Waals surface area contributed by atoms with Crippen LogP contribution < -0.4 is 5.32 Å². The molecule has 0 spiro atoms. The van der Waals surface area contributed by atoms with E-state index in [2.05, 4.69) is 17.2 Å². The zero-order valence-corrected chi connectivity index (χ0v) is 16.8. The quantitative estimate of drug-likeness (QED) is 0.524. The molecule has 1 aliphatic heterocycles. The Balaban J connectivity index is 1.41. The molecule has 1 heterocycles. The molecule has 0 bridgehead atoms. The van der Waals surface area contributed by atoms with E-state index >= 15 is 0 Å². The van der Waals surface area contributed by atoms with Crippen molar-refractivity contribution in [2.75, 3.05) is 5.32 Å². The molecule has 0 atom stereocenters. The van der Waals surface area contributed by atoms with Gasteiger partial charge < -0.3 is 5.32 Å². The standard InChI is InChI=1S/C26H20N2O3/c29-24-15-16-25(30)28(24)18-21-11-13-22(14-12-21)26(31)27-23-8-4-7-20(17-23)10-9-19-5-2-1-3-6-19/h1-8,11-14,17H,15-16,18H2,(H,27,31). The largest absolute Gasteiger partial charge is 0.322 e. The van der Waals surface area contributed by atoms with E-state index in [4.69, 9.17) is 0 Å². The van der Waals surface area contributed by atoms with Crippen LogP contribution in [0.2, 0.25) is 0 Å². The van der Waals surface area contributed by atoms with Gasteiger partial charge in [-0.3, -0.25) is 19.3 Å². The summed E-state index contributed by atoms with van der Waals surface area (Å²) in [5.41, 5.74) is 3.68. The molecular formula is C26H20N2O3. The maximum absolute atomic E-state index is 12.6. The molecule has 0 aliphatic carbocycles. The lowest BCUT2D eigenvalue weighted by molar-refractivity contribution is -0.139. The Kier molecular flexibility index (Phi) is 5.91. The Hall–Kier alpha value is -4.17. The van der Waals surface area contributed by atoms with Crippen LogP contribution in [0.5, 0.6) is 0 Å². The normalized spacial score (nSPS) is 13.0. The summed E-state index contributed by atoms with van der Waals surface area (Å²) in [6, 6.07) is 24.0. The van der Waals surface area contributed by atoms with Crippen molar-refractivity contribution in [1.82, 2.24) is 4.90 Å². The summed E-state index contributed by atoms with van der Waals surface area (Å²) in [7, 11) is 0. The molecule has 1 saturated heterocycles. The summed E-state index contributed by atoms with van der Waals surface area (Å²) in [6.07, 6.45) is 0.544. The van der Waals surface area contributed by atoms with Crippen molar-refractivity contribution < 1.29 is 14.4 Å². The summed E-state index contributed by atoms with van der Waals surface area (Å²) < 4.78 is 0. The van der Waals surface area contributed by atoms with E-state index in [9.17, 15) is 14.4 Å². The fraction of sp³-hybridized carbons (Fsp3) is 0.115. The van der Waals surface area contributed by atoms with Crippen LogP contribution in [-0.4, -0.2) is 22.6 Å². The molecule has 0 unspecified atom stereocenters. The molecule has 1 aliphatic rings. The second-order valence-corrected chi connectivity index (χ2v) is 7.22. The SMILES string of the molecule is O=C(Nc1cccc(C#Cc2ccccc2)c1)c1ccc(CN2C(=O)CCC2=O)cc1. The van der Waals surface area contributed by atoms with Crippen molar-refractivity contribution in [3.8, 4) is 11.8 Å². The maximum Gasteiger partial charge on any atom is 0.255 e. The van der Waals surface area contributed by atoms with Gasteiger partial charge in [0.15, 0.2) is 0 Å². The molecule has 1 fully saturated rings. The topological polar surface area (TPSA) is 66.5 Å². The summed E-state index contributed by atoms with van der Waals surface area (Å²) >= 11 is 0. The molecule has 3 aromatic rings. The van der Waals surface area contributed by atoms with Gasteiger partial charge in [-0.1, -0.05) is 48.2 Å². The number of likely N-dealkylation sites (tertiary alicyclic amines) is 1. The highest BCUT2D eigenvalue weighted by Crippen LogP contribution is 2.17. The highest BCUT2D eigenvalue weighted by atomic mass is 16.2. The van der Waals surface area contributed by atoms with Crippen LogP contribution in [0.15, 0.2) is 78.9 Å². The van der Waals surface area contributed by atoms with E-state index in [0.717, 1.165) is 16.7 Å². The Morgan fingerprint density at radius 1 is 0.806 bits per heavy atom. The number of carbonyl (C=O) groups excluding carboxylic acids is 3. The molecule has 1 N–H and O–H groups in total. The van der Waals surface area contributed by atoms with Crippen LogP contribution in [0.25, 0.3) is 0 Å². The average Bonchev–Trinajstić information content (AvgIpc) is 3.11. The van der Waals surface area contributed by atoms with Gasteiger partial charge in [0.25, 0.3) is 5.91 Å². The van der Waals surface area contributed by atoms with Crippen LogP contribution in [0.4, 0.5) is 5.69 Å². The molecule has 0 radical (unpaired) electrons. The van der Waals surface area contributed by atoms with Gasteiger partial charge in [-0.05, 0) is 48.0 Å². The molecule has 5 heteroatoms. The highest BCUT2D eigenvalue weighted by Gasteiger charge is 2.28. The minimum atomic E-state index is -0.243. The van der Waals surface area contributed by atoms with Crippen molar-refractivity contribution in [3.63, 3.8) is 0 Å². The first kappa shape index (κ1) is 20.1. The third-order valence-electron chi connectivity index (χ3n) is 4.96. The summed E-state index contributed by atoms with van der Waals surface area (Å²) in [6.45, 7) is 0.238. The van der Waals surface area contributed by atoms with E-state index in [-0.39, 0.29) is 37.1 Å². The number of nitrogens with one attached hydrogen (secondary N) is 1. The van der Waals surface area contributed by atoms with Crippen molar-refractivity contribution in [3.05, 3.63) is 101 Å². The summed E-state index contributed by atoms with van der Waals surface area (Å²) in [5, 5.41) is 2.88. The van der Waals surface area contributed by atoms with Gasteiger partial charge in [0.1, 0.15) is 0 Å². The Morgan fingerprint density at radius 3 is 2.16 bits per heavy atom. The van der Waals surface area contributed by atoms with Gasteiger partial charge in [0.2, 0.25) is 11.8 Å². The van der Waals surface area contributed by atoms with Gasteiger partial charge in [-0.25, -0.2) is 0 Å². The number of hydrogen-bond acceptors (Lipinski definition) is 3. The molecule has 0 aromatic heterocycles. The van der Waals surface area contributed by atoms with Crippen LogP contribution in [0.1, 0.15) is 39.9 Å². The number of anilines is 1. The van der Waals surface area contributed by atoms with E-state index in [1.165, 1.54) is 4.90 Å². The van der Waals surface area contributed by atoms with Crippen molar-refractivity contribution in [2.24, 2.45) is 0 Å². The van der Waals surface area contributed by atoms with Crippen LogP contribution in [0.3, 0.4) is 0 Å². The van der Waals surface area contributed by atoms with Gasteiger partial charge >= 0.3 is 0 Å². The molecule has 3 aromatic carbocycles. The first-order valence-corrected chi connectivity index (χ1v) is 9.99. The van der Waals surface area contributed by atoms with E-state index in [1.54, 1.807) is 24.3 Å². The van der Waals surface area contributed by atoms with Gasteiger partial charge in [-0.15, -0.1) is 0 Å². The number of nitrogens with zero attached hydrogens (tertiary/aromatic N) is 1. The zero-order valence-electron chi connectivity index (χ0n) is 16.8. The van der Waals surface area contributed by atoms with Crippen molar-refractivity contribution in [1.29, 1.82) is 0 Å². The molecule has 3 amide bonds. The number of rotatable bonds is 4. The van der Waals surface area contributed by atoms with E-state index in [0.29, 0.717) is 11.3 Å². The smallest absolute Gasteiger partial charge is 0.255 e. The molecule has 152 valence electrons. The summed E-state index contributed by atoms with van der Waals surface area (Å²) in [4.78, 5) is 37.4. The fourth-order valence-electron chi connectivity index (χ4n) is 3.29. The summed E-state index contributed by atoms with van der Waals surface area (Å²) in [5.74, 6) is 5.66. The Bertz CT molecular complexity index is 1170. The minimum absolute atomic E-state index is 0.151. The predicted octanol–water partition coefficient (Wildman–Crippen LogP) is 3.99. The zero-order chi connectivity index (χ0) is 21.6. The molecule has 31 heavy (non-hydrogen) atoms. The second-order valence-electron chi connectivity index (χ2n) is 7.22. The van der Waals surface area contributed by atoms with E-state index in [1.807, 2.05) is 54.6 Å². The highest BCUT2D eigenvalue weighted by molar-refractivity contribution is 6.04. The molecule has 4 rings (SSSR count). The first-order valence-electron chi connectivity index (χ1n) is 9.99. The number of benzene rings is 3. The second kappa shape index (κ2) is 9.10. The third-order valence-corrected chi connectivity index (χ3v) is 4.96. The van der Waals surface area contributed by atoms with Crippen LogP contribution >= 0.6 is 0 Å².